The number of rotatable bonds is 4. The van der Waals surface area contributed by atoms with Crippen molar-refractivity contribution in [1.29, 1.82) is 0 Å². The van der Waals surface area contributed by atoms with Crippen LogP contribution >= 0.6 is 0 Å². The molecule has 0 radical (unpaired) electrons. The van der Waals surface area contributed by atoms with E-state index in [0.29, 0.717) is 5.69 Å². The van der Waals surface area contributed by atoms with Crippen LogP contribution in [0.25, 0.3) is 0 Å². The van der Waals surface area contributed by atoms with Gasteiger partial charge in [-0.05, 0) is 30.3 Å². The molecular formula is C11H11FN4O2S. The van der Waals surface area contributed by atoms with Crippen LogP contribution < -0.4 is 10.5 Å². The highest BCUT2D eigenvalue weighted by atomic mass is 32.2. The summed E-state index contributed by atoms with van der Waals surface area (Å²) in [5.74, 6) is -0.672. The lowest BCUT2D eigenvalue weighted by molar-refractivity contribution is 0.576. The summed E-state index contributed by atoms with van der Waals surface area (Å²) in [7, 11) is -3.89. The van der Waals surface area contributed by atoms with E-state index < -0.39 is 15.8 Å². The van der Waals surface area contributed by atoms with E-state index in [1.54, 1.807) is 12.1 Å². The Morgan fingerprint density at radius 2 is 2.11 bits per heavy atom. The molecule has 0 aliphatic rings. The van der Waals surface area contributed by atoms with Crippen molar-refractivity contribution in [3.05, 3.63) is 48.0 Å². The average molecular weight is 282 g/mol. The van der Waals surface area contributed by atoms with Gasteiger partial charge in [0, 0.05) is 6.20 Å². The molecule has 8 heteroatoms. The first-order valence-corrected chi connectivity index (χ1v) is 6.78. The molecular weight excluding hydrogens is 271 g/mol. The summed E-state index contributed by atoms with van der Waals surface area (Å²) in [6, 6.07) is 6.41. The smallest absolute Gasteiger partial charge is 0.243 e. The summed E-state index contributed by atoms with van der Waals surface area (Å²) >= 11 is 0. The molecule has 6 nitrogen and oxygen atoms in total. The van der Waals surface area contributed by atoms with Crippen molar-refractivity contribution in [3.8, 4) is 0 Å². The second-order valence-corrected chi connectivity index (χ2v) is 5.46. The fourth-order valence-electron chi connectivity index (χ4n) is 1.42. The molecule has 0 aliphatic carbocycles. The summed E-state index contributed by atoms with van der Waals surface area (Å²) in [5, 5.41) is 7.35. The fourth-order valence-corrected chi connectivity index (χ4v) is 2.55. The van der Waals surface area contributed by atoms with Gasteiger partial charge in [-0.15, -0.1) is 0 Å². The van der Waals surface area contributed by atoms with E-state index in [0.717, 1.165) is 12.1 Å². The zero-order valence-electron chi connectivity index (χ0n) is 9.75. The molecule has 2 aromatic rings. The van der Waals surface area contributed by atoms with Crippen molar-refractivity contribution in [1.82, 2.24) is 14.9 Å². The summed E-state index contributed by atoms with van der Waals surface area (Å²) in [6.45, 7) is -0.0495. The van der Waals surface area contributed by atoms with Crippen LogP contribution in [0, 0.1) is 5.82 Å². The highest BCUT2D eigenvalue weighted by Crippen LogP contribution is 2.19. The number of halogens is 1. The number of nitrogen functional groups attached to an aromatic ring is 1. The van der Waals surface area contributed by atoms with E-state index in [2.05, 4.69) is 14.9 Å². The van der Waals surface area contributed by atoms with E-state index in [4.69, 9.17) is 5.73 Å². The topological polar surface area (TPSA) is 98.0 Å². The maximum absolute atomic E-state index is 13.1. The Kier molecular flexibility index (Phi) is 3.72. The molecule has 1 aromatic heterocycles. The molecule has 0 saturated heterocycles. The molecule has 0 atom stereocenters. The van der Waals surface area contributed by atoms with E-state index >= 15 is 0 Å². The number of anilines is 1. The third-order valence-electron chi connectivity index (χ3n) is 2.34. The number of sulfonamides is 1. The van der Waals surface area contributed by atoms with Gasteiger partial charge in [-0.2, -0.15) is 10.2 Å². The molecule has 0 saturated carbocycles. The standard InChI is InChI=1S/C11H11FN4O2S/c12-8-3-4-10(13)11(6-8)19(17,18)15-7-9-2-1-5-14-16-9/h1-6,15H,7,13H2. The molecule has 0 amide bonds. The largest absolute Gasteiger partial charge is 0.398 e. The van der Waals surface area contributed by atoms with Crippen LogP contribution in [-0.2, 0) is 16.6 Å². The normalized spacial score (nSPS) is 11.4. The third kappa shape index (κ3) is 3.24. The van der Waals surface area contributed by atoms with Gasteiger partial charge in [0.1, 0.15) is 10.7 Å². The summed E-state index contributed by atoms with van der Waals surface area (Å²) in [5.41, 5.74) is 5.96. The van der Waals surface area contributed by atoms with Crippen molar-refractivity contribution >= 4 is 15.7 Å². The first kappa shape index (κ1) is 13.4. The molecule has 0 spiro atoms. The number of nitrogens with two attached hydrogens (primary N) is 1. The van der Waals surface area contributed by atoms with Gasteiger partial charge in [-0.3, -0.25) is 0 Å². The lowest BCUT2D eigenvalue weighted by atomic mass is 10.3. The molecule has 1 aromatic carbocycles. The Bertz CT molecular complexity index is 676. The zero-order chi connectivity index (χ0) is 13.9. The highest BCUT2D eigenvalue weighted by Gasteiger charge is 2.18. The quantitative estimate of drug-likeness (QED) is 0.803. The first-order chi connectivity index (χ1) is 8.99. The van der Waals surface area contributed by atoms with Crippen LogP contribution in [0.3, 0.4) is 0 Å². The van der Waals surface area contributed by atoms with Gasteiger partial charge in [-0.1, -0.05) is 0 Å². The van der Waals surface area contributed by atoms with E-state index in [1.165, 1.54) is 12.3 Å². The summed E-state index contributed by atoms with van der Waals surface area (Å²) in [6.07, 6.45) is 1.47. The van der Waals surface area contributed by atoms with Crippen LogP contribution in [-0.4, -0.2) is 18.6 Å². The Balaban J connectivity index is 2.21. The van der Waals surface area contributed by atoms with Gasteiger partial charge >= 0.3 is 0 Å². The molecule has 2 rings (SSSR count). The van der Waals surface area contributed by atoms with Crippen molar-refractivity contribution in [2.45, 2.75) is 11.4 Å². The van der Waals surface area contributed by atoms with Gasteiger partial charge in [0.05, 0.1) is 17.9 Å². The van der Waals surface area contributed by atoms with Crippen molar-refractivity contribution in [2.75, 3.05) is 5.73 Å². The van der Waals surface area contributed by atoms with Gasteiger partial charge < -0.3 is 5.73 Å². The van der Waals surface area contributed by atoms with Crippen LogP contribution in [0.5, 0.6) is 0 Å². The van der Waals surface area contributed by atoms with E-state index in [-0.39, 0.29) is 17.1 Å². The number of aromatic nitrogens is 2. The Hall–Kier alpha value is -2.06. The Morgan fingerprint density at radius 3 is 2.79 bits per heavy atom. The average Bonchev–Trinajstić information content (AvgIpc) is 2.40. The predicted octanol–water partition coefficient (Wildman–Crippen LogP) is 0.676. The molecule has 0 fully saturated rings. The van der Waals surface area contributed by atoms with Gasteiger partial charge in [0.25, 0.3) is 0 Å². The molecule has 100 valence electrons. The Morgan fingerprint density at radius 1 is 1.32 bits per heavy atom. The summed E-state index contributed by atoms with van der Waals surface area (Å²) in [4.78, 5) is -0.295. The van der Waals surface area contributed by atoms with E-state index in [1.807, 2.05) is 0 Å². The molecule has 1 heterocycles. The SMILES string of the molecule is Nc1ccc(F)cc1S(=O)(=O)NCc1cccnn1. The zero-order valence-corrected chi connectivity index (χ0v) is 10.6. The molecule has 0 unspecified atom stereocenters. The minimum Gasteiger partial charge on any atom is -0.398 e. The monoisotopic (exact) mass is 282 g/mol. The van der Waals surface area contributed by atoms with Crippen LogP contribution in [0.15, 0.2) is 41.4 Å². The fraction of sp³-hybridized carbons (Fsp3) is 0.0909. The lowest BCUT2D eigenvalue weighted by Gasteiger charge is -2.08. The van der Waals surface area contributed by atoms with E-state index in [9.17, 15) is 12.8 Å². The van der Waals surface area contributed by atoms with Crippen LogP contribution in [0.1, 0.15) is 5.69 Å². The number of benzene rings is 1. The molecule has 19 heavy (non-hydrogen) atoms. The maximum atomic E-state index is 13.1. The van der Waals surface area contributed by atoms with Gasteiger partial charge in [-0.25, -0.2) is 17.5 Å². The predicted molar refractivity (Wildman–Crippen MR) is 66.9 cm³/mol. The van der Waals surface area contributed by atoms with Gasteiger partial charge in [0.15, 0.2) is 0 Å². The number of hydrogen-bond donors (Lipinski definition) is 2. The molecule has 0 bridgehead atoms. The highest BCUT2D eigenvalue weighted by molar-refractivity contribution is 7.89. The molecule has 0 aliphatic heterocycles. The van der Waals surface area contributed by atoms with Gasteiger partial charge in [0.2, 0.25) is 10.0 Å². The van der Waals surface area contributed by atoms with Crippen molar-refractivity contribution in [2.24, 2.45) is 0 Å². The Labute approximate surface area is 109 Å². The lowest BCUT2D eigenvalue weighted by Crippen LogP contribution is -2.24. The third-order valence-corrected chi connectivity index (χ3v) is 3.79. The maximum Gasteiger partial charge on any atom is 0.243 e. The van der Waals surface area contributed by atoms with Crippen LogP contribution in [0.2, 0.25) is 0 Å². The minimum absolute atomic E-state index is 0.0203. The summed E-state index contributed by atoms with van der Waals surface area (Å²) < 4.78 is 39.3. The van der Waals surface area contributed by atoms with Crippen LogP contribution in [0.4, 0.5) is 10.1 Å². The minimum atomic E-state index is -3.89. The molecule has 3 N–H and O–H groups in total. The number of nitrogens with one attached hydrogen (secondary N) is 1. The number of hydrogen-bond acceptors (Lipinski definition) is 5. The second kappa shape index (κ2) is 5.29. The van der Waals surface area contributed by atoms with Crippen molar-refractivity contribution in [3.63, 3.8) is 0 Å². The first-order valence-electron chi connectivity index (χ1n) is 5.30. The second-order valence-electron chi connectivity index (χ2n) is 3.72. The number of nitrogens with zero attached hydrogens (tertiary/aromatic N) is 2. The van der Waals surface area contributed by atoms with Crippen molar-refractivity contribution < 1.29 is 12.8 Å².